The van der Waals surface area contributed by atoms with Crippen LogP contribution in [0, 0.1) is 22.7 Å². The van der Waals surface area contributed by atoms with Crippen molar-refractivity contribution in [1.29, 1.82) is 0 Å². The topological polar surface area (TPSA) is 37.3 Å². The van der Waals surface area contributed by atoms with Crippen LogP contribution in [0.1, 0.15) is 52.9 Å². The summed E-state index contributed by atoms with van der Waals surface area (Å²) in [6, 6.07) is 0. The van der Waals surface area contributed by atoms with Crippen LogP contribution in [0.25, 0.3) is 0 Å². The Balaban J connectivity index is 2.44. The third-order valence-electron chi connectivity index (χ3n) is 5.31. The maximum Gasteiger partial charge on any atom is 0.313 e. The molecule has 17 heavy (non-hydrogen) atoms. The van der Waals surface area contributed by atoms with E-state index in [-0.39, 0.29) is 5.41 Å². The third kappa shape index (κ3) is 1.73. The fourth-order valence-corrected chi connectivity index (χ4v) is 4.21. The third-order valence-corrected chi connectivity index (χ3v) is 5.31. The maximum absolute atomic E-state index is 11.8. The summed E-state index contributed by atoms with van der Waals surface area (Å²) in [7, 11) is 0. The summed E-state index contributed by atoms with van der Waals surface area (Å²) in [4.78, 5) is 11.8. The number of carboxylic acids is 1. The van der Waals surface area contributed by atoms with Crippen LogP contribution < -0.4 is 0 Å². The minimum atomic E-state index is -0.715. The standard InChI is InChI=1S/C15H24O2/c1-10-14(2,3)9-11-7-5-6-8-12(11)15(10,4)13(16)17/h11-12H,1,5-9H2,2-4H3,(H,16,17). The van der Waals surface area contributed by atoms with E-state index in [0.29, 0.717) is 11.8 Å². The summed E-state index contributed by atoms with van der Waals surface area (Å²) in [6.45, 7) is 10.4. The van der Waals surface area contributed by atoms with E-state index < -0.39 is 11.4 Å². The van der Waals surface area contributed by atoms with Gasteiger partial charge < -0.3 is 5.11 Å². The van der Waals surface area contributed by atoms with Crippen LogP contribution in [0.4, 0.5) is 0 Å². The van der Waals surface area contributed by atoms with Crippen molar-refractivity contribution in [3.05, 3.63) is 12.2 Å². The van der Waals surface area contributed by atoms with Gasteiger partial charge in [-0.15, -0.1) is 0 Å². The highest BCUT2D eigenvalue weighted by atomic mass is 16.4. The highest BCUT2D eigenvalue weighted by Gasteiger charge is 2.55. The van der Waals surface area contributed by atoms with Crippen molar-refractivity contribution in [3.8, 4) is 0 Å². The maximum atomic E-state index is 11.8. The van der Waals surface area contributed by atoms with Crippen LogP contribution in [0.5, 0.6) is 0 Å². The molecule has 0 aromatic heterocycles. The molecule has 3 atom stereocenters. The zero-order valence-corrected chi connectivity index (χ0v) is 11.3. The molecule has 2 heteroatoms. The van der Waals surface area contributed by atoms with E-state index in [2.05, 4.69) is 20.4 Å². The number of carboxylic acid groups (broad SMARTS) is 1. The fourth-order valence-electron chi connectivity index (χ4n) is 4.21. The second-order valence-corrected chi connectivity index (χ2v) is 6.73. The molecule has 0 saturated heterocycles. The van der Waals surface area contributed by atoms with E-state index in [1.807, 2.05) is 6.92 Å². The molecule has 0 aromatic rings. The molecule has 2 fully saturated rings. The molecular formula is C15H24O2. The van der Waals surface area contributed by atoms with E-state index in [0.717, 1.165) is 18.4 Å². The van der Waals surface area contributed by atoms with E-state index in [4.69, 9.17) is 0 Å². The van der Waals surface area contributed by atoms with E-state index in [9.17, 15) is 9.90 Å². The van der Waals surface area contributed by atoms with Gasteiger partial charge in [-0.25, -0.2) is 0 Å². The van der Waals surface area contributed by atoms with Crippen LogP contribution in [0.3, 0.4) is 0 Å². The van der Waals surface area contributed by atoms with Crippen LogP contribution in [-0.4, -0.2) is 11.1 Å². The Bertz CT molecular complexity index is 356. The molecule has 2 aliphatic rings. The van der Waals surface area contributed by atoms with Gasteiger partial charge >= 0.3 is 5.97 Å². The first-order valence-electron chi connectivity index (χ1n) is 6.73. The van der Waals surface area contributed by atoms with Crippen LogP contribution in [0.2, 0.25) is 0 Å². The highest BCUT2D eigenvalue weighted by Crippen LogP contribution is 2.59. The quantitative estimate of drug-likeness (QED) is 0.702. The summed E-state index contributed by atoms with van der Waals surface area (Å²) in [5, 5.41) is 9.68. The number of hydrogen-bond acceptors (Lipinski definition) is 1. The summed E-state index contributed by atoms with van der Waals surface area (Å²) in [5.74, 6) is 0.201. The normalized spacial score (nSPS) is 40.8. The summed E-state index contributed by atoms with van der Waals surface area (Å²) < 4.78 is 0. The Kier molecular flexibility index (Phi) is 2.87. The first kappa shape index (κ1) is 12.7. The Morgan fingerprint density at radius 2 is 1.88 bits per heavy atom. The van der Waals surface area contributed by atoms with Gasteiger partial charge in [-0.05, 0) is 37.0 Å². The number of rotatable bonds is 1. The van der Waals surface area contributed by atoms with Crippen molar-refractivity contribution < 1.29 is 9.90 Å². The first-order chi connectivity index (χ1) is 7.80. The van der Waals surface area contributed by atoms with E-state index in [1.165, 1.54) is 19.3 Å². The Hall–Kier alpha value is -0.790. The molecular weight excluding hydrogens is 212 g/mol. The lowest BCUT2D eigenvalue weighted by molar-refractivity contribution is -0.154. The lowest BCUT2D eigenvalue weighted by atomic mass is 9.50. The lowest BCUT2D eigenvalue weighted by Gasteiger charge is -2.53. The number of carbonyl (C=O) groups is 1. The van der Waals surface area contributed by atoms with Gasteiger partial charge in [-0.3, -0.25) is 4.79 Å². The minimum Gasteiger partial charge on any atom is -0.481 e. The number of fused-ring (bicyclic) bond motifs is 1. The molecule has 2 nitrogen and oxygen atoms in total. The minimum absolute atomic E-state index is 0.0361. The number of hydrogen-bond donors (Lipinski definition) is 1. The van der Waals surface area contributed by atoms with E-state index in [1.54, 1.807) is 0 Å². The highest BCUT2D eigenvalue weighted by molar-refractivity contribution is 5.79. The van der Waals surface area contributed by atoms with Crippen molar-refractivity contribution in [2.75, 3.05) is 0 Å². The van der Waals surface area contributed by atoms with E-state index >= 15 is 0 Å². The van der Waals surface area contributed by atoms with Gasteiger partial charge in [0.2, 0.25) is 0 Å². The van der Waals surface area contributed by atoms with Gasteiger partial charge in [0.1, 0.15) is 0 Å². The SMILES string of the molecule is C=C1C(C)(C)CC2CCCCC2C1(C)C(=O)O. The van der Waals surface area contributed by atoms with Crippen molar-refractivity contribution in [3.63, 3.8) is 0 Å². The van der Waals surface area contributed by atoms with Gasteiger partial charge in [0.25, 0.3) is 0 Å². The van der Waals surface area contributed by atoms with Gasteiger partial charge in [-0.1, -0.05) is 45.3 Å². The van der Waals surface area contributed by atoms with Gasteiger partial charge in [0, 0.05) is 0 Å². The van der Waals surface area contributed by atoms with Gasteiger partial charge in [0.15, 0.2) is 0 Å². The summed E-state index contributed by atoms with van der Waals surface area (Å²) in [5.41, 5.74) is 0.180. The zero-order valence-electron chi connectivity index (χ0n) is 11.3. The Labute approximate surface area is 104 Å². The molecule has 2 rings (SSSR count). The zero-order chi connectivity index (χ0) is 12.8. The predicted molar refractivity (Wildman–Crippen MR) is 68.7 cm³/mol. The Morgan fingerprint density at radius 3 is 2.47 bits per heavy atom. The second-order valence-electron chi connectivity index (χ2n) is 6.73. The lowest BCUT2D eigenvalue weighted by Crippen LogP contribution is -2.51. The van der Waals surface area contributed by atoms with Crippen LogP contribution in [-0.2, 0) is 4.79 Å². The molecule has 1 N–H and O–H groups in total. The van der Waals surface area contributed by atoms with Gasteiger partial charge in [-0.2, -0.15) is 0 Å². The second kappa shape index (κ2) is 3.86. The molecule has 0 aliphatic heterocycles. The fraction of sp³-hybridized carbons (Fsp3) is 0.800. The average molecular weight is 236 g/mol. The molecule has 0 bridgehead atoms. The monoisotopic (exact) mass is 236 g/mol. The largest absolute Gasteiger partial charge is 0.481 e. The molecule has 96 valence electrons. The predicted octanol–water partition coefficient (Wildman–Crippen LogP) is 3.87. The molecule has 0 spiro atoms. The molecule has 0 aromatic carbocycles. The van der Waals surface area contributed by atoms with Crippen LogP contribution in [0.15, 0.2) is 12.2 Å². The molecule has 3 unspecified atom stereocenters. The molecule has 0 amide bonds. The van der Waals surface area contributed by atoms with Crippen molar-refractivity contribution >= 4 is 5.97 Å². The van der Waals surface area contributed by atoms with Gasteiger partial charge in [0.05, 0.1) is 5.41 Å². The number of aliphatic carboxylic acids is 1. The van der Waals surface area contributed by atoms with Crippen molar-refractivity contribution in [2.45, 2.75) is 52.9 Å². The average Bonchev–Trinajstić information content (AvgIpc) is 2.25. The molecule has 0 heterocycles. The molecule has 2 saturated carbocycles. The van der Waals surface area contributed by atoms with Crippen molar-refractivity contribution in [1.82, 2.24) is 0 Å². The van der Waals surface area contributed by atoms with Crippen LogP contribution >= 0.6 is 0 Å². The van der Waals surface area contributed by atoms with Crippen molar-refractivity contribution in [2.24, 2.45) is 22.7 Å². The smallest absolute Gasteiger partial charge is 0.313 e. The first-order valence-corrected chi connectivity index (χ1v) is 6.73. The molecule has 0 radical (unpaired) electrons. The summed E-state index contributed by atoms with van der Waals surface area (Å²) >= 11 is 0. The Morgan fingerprint density at radius 1 is 1.29 bits per heavy atom. The summed E-state index contributed by atoms with van der Waals surface area (Å²) in [6.07, 6.45) is 5.81. The molecule has 2 aliphatic carbocycles.